The van der Waals surface area contributed by atoms with Gasteiger partial charge in [0.05, 0.1) is 0 Å². The molecule has 0 aromatic rings. The summed E-state index contributed by atoms with van der Waals surface area (Å²) >= 11 is 0. The van der Waals surface area contributed by atoms with Gasteiger partial charge in [-0.25, -0.2) is 4.79 Å². The third-order valence-electron chi connectivity index (χ3n) is 0.570. The maximum absolute atomic E-state index is 10.2. The Hall–Kier alpha value is -1.19. The summed E-state index contributed by atoms with van der Waals surface area (Å²) in [7, 11) is 0. The van der Waals surface area contributed by atoms with E-state index in [1.165, 1.54) is 0 Å². The molecule has 0 rings (SSSR count). The van der Waals surface area contributed by atoms with E-state index in [0.29, 0.717) is 6.29 Å². The SMILES string of the molecule is CC(=O)C(=O)OCC=O. The van der Waals surface area contributed by atoms with E-state index in [1.807, 2.05) is 0 Å². The summed E-state index contributed by atoms with van der Waals surface area (Å²) in [5, 5.41) is 0. The molecule has 4 nitrogen and oxygen atoms in total. The van der Waals surface area contributed by atoms with Crippen LogP contribution in [0.25, 0.3) is 0 Å². The highest BCUT2D eigenvalue weighted by atomic mass is 16.5. The lowest BCUT2D eigenvalue weighted by Gasteiger charge is -1.92. The highest BCUT2D eigenvalue weighted by molar-refractivity contribution is 6.32. The molecular weight excluding hydrogens is 124 g/mol. The monoisotopic (exact) mass is 130 g/mol. The van der Waals surface area contributed by atoms with Crippen LogP contribution in [-0.4, -0.2) is 24.6 Å². The minimum Gasteiger partial charge on any atom is -0.452 e. The molecule has 0 bridgehead atoms. The van der Waals surface area contributed by atoms with Crippen LogP contribution >= 0.6 is 0 Å². The summed E-state index contributed by atoms with van der Waals surface area (Å²) in [5.74, 6) is -1.67. The van der Waals surface area contributed by atoms with E-state index in [2.05, 4.69) is 4.74 Å². The topological polar surface area (TPSA) is 60.4 Å². The van der Waals surface area contributed by atoms with Gasteiger partial charge in [-0.1, -0.05) is 0 Å². The van der Waals surface area contributed by atoms with Crippen LogP contribution < -0.4 is 0 Å². The summed E-state index contributed by atoms with van der Waals surface area (Å²) < 4.78 is 4.10. The van der Waals surface area contributed by atoms with Gasteiger partial charge in [-0.15, -0.1) is 0 Å². The standard InChI is InChI=1S/C5H6O4/c1-4(7)5(8)9-3-2-6/h2H,3H2,1H3. The largest absolute Gasteiger partial charge is 0.452 e. The van der Waals surface area contributed by atoms with E-state index in [0.717, 1.165) is 6.92 Å². The lowest BCUT2D eigenvalue weighted by molar-refractivity contribution is -0.153. The maximum atomic E-state index is 10.2. The zero-order valence-electron chi connectivity index (χ0n) is 4.92. The van der Waals surface area contributed by atoms with Gasteiger partial charge < -0.3 is 4.74 Å². The average Bonchev–Trinajstić information content (AvgIpc) is 1.82. The number of ketones is 1. The van der Waals surface area contributed by atoms with E-state index < -0.39 is 11.8 Å². The lowest BCUT2D eigenvalue weighted by Crippen LogP contribution is -2.14. The fourth-order valence-electron chi connectivity index (χ4n) is 0.211. The molecule has 0 radical (unpaired) electrons. The summed E-state index contributed by atoms with van der Waals surface area (Å²) in [6.45, 7) is 0.728. The fraction of sp³-hybridized carbons (Fsp3) is 0.400. The van der Waals surface area contributed by atoms with Gasteiger partial charge in [0.25, 0.3) is 0 Å². The van der Waals surface area contributed by atoms with Crippen molar-refractivity contribution in [2.45, 2.75) is 6.92 Å². The normalized spacial score (nSPS) is 8.11. The van der Waals surface area contributed by atoms with Crippen LogP contribution in [-0.2, 0) is 19.1 Å². The molecule has 0 saturated heterocycles. The van der Waals surface area contributed by atoms with Crippen molar-refractivity contribution in [3.63, 3.8) is 0 Å². The molecule has 50 valence electrons. The Bertz CT molecular complexity index is 138. The summed E-state index contributed by atoms with van der Waals surface area (Å²) in [4.78, 5) is 29.8. The van der Waals surface area contributed by atoms with Crippen molar-refractivity contribution in [2.75, 3.05) is 6.61 Å². The van der Waals surface area contributed by atoms with Crippen LogP contribution in [0, 0.1) is 0 Å². The first kappa shape index (κ1) is 7.81. The second kappa shape index (κ2) is 3.77. The van der Waals surface area contributed by atoms with Gasteiger partial charge in [0, 0.05) is 6.92 Å². The molecule has 0 N–H and O–H groups in total. The molecule has 0 fully saturated rings. The molecule has 0 amide bonds. The van der Waals surface area contributed by atoms with Crippen molar-refractivity contribution in [1.29, 1.82) is 0 Å². The van der Waals surface area contributed by atoms with Crippen molar-refractivity contribution in [1.82, 2.24) is 0 Å². The van der Waals surface area contributed by atoms with Crippen LogP contribution in [0.3, 0.4) is 0 Å². The average molecular weight is 130 g/mol. The van der Waals surface area contributed by atoms with Crippen molar-refractivity contribution in [3.05, 3.63) is 0 Å². The summed E-state index contributed by atoms with van der Waals surface area (Å²) in [6.07, 6.45) is 0.404. The number of esters is 1. The Morgan fingerprint density at radius 3 is 2.44 bits per heavy atom. The lowest BCUT2D eigenvalue weighted by atomic mass is 10.5. The predicted octanol–water partition coefficient (Wildman–Crippen LogP) is -0.683. The van der Waals surface area contributed by atoms with E-state index >= 15 is 0 Å². The Morgan fingerprint density at radius 2 is 2.11 bits per heavy atom. The second-order valence-electron chi connectivity index (χ2n) is 1.32. The van der Waals surface area contributed by atoms with Gasteiger partial charge >= 0.3 is 5.97 Å². The van der Waals surface area contributed by atoms with Crippen molar-refractivity contribution in [3.8, 4) is 0 Å². The smallest absolute Gasteiger partial charge is 0.374 e. The zero-order chi connectivity index (χ0) is 7.28. The van der Waals surface area contributed by atoms with Gasteiger partial charge in [0.1, 0.15) is 6.61 Å². The Balaban J connectivity index is 3.51. The molecule has 0 saturated carbocycles. The van der Waals surface area contributed by atoms with Crippen molar-refractivity contribution < 1.29 is 19.1 Å². The predicted molar refractivity (Wildman–Crippen MR) is 27.7 cm³/mol. The molecule has 0 aromatic heterocycles. The number of aldehydes is 1. The molecule has 4 heteroatoms. The second-order valence-corrected chi connectivity index (χ2v) is 1.32. The molecule has 9 heavy (non-hydrogen) atoms. The first-order valence-electron chi connectivity index (χ1n) is 2.29. The molecule has 0 aromatic carbocycles. The van der Waals surface area contributed by atoms with E-state index in [4.69, 9.17) is 0 Å². The maximum Gasteiger partial charge on any atom is 0.374 e. The summed E-state index contributed by atoms with van der Waals surface area (Å²) in [5.41, 5.74) is 0. The number of hydrogen-bond donors (Lipinski definition) is 0. The van der Waals surface area contributed by atoms with Crippen LogP contribution in [0.1, 0.15) is 6.92 Å². The van der Waals surface area contributed by atoms with Crippen LogP contribution in [0.4, 0.5) is 0 Å². The quantitative estimate of drug-likeness (QED) is 0.288. The number of rotatable bonds is 3. The third-order valence-corrected chi connectivity index (χ3v) is 0.570. The Labute approximate surface area is 51.8 Å². The highest BCUT2D eigenvalue weighted by Gasteiger charge is 2.06. The van der Waals surface area contributed by atoms with E-state index in [1.54, 1.807) is 0 Å². The fourth-order valence-corrected chi connectivity index (χ4v) is 0.211. The Morgan fingerprint density at radius 1 is 1.56 bits per heavy atom. The number of carbonyl (C=O) groups is 3. The van der Waals surface area contributed by atoms with Gasteiger partial charge in [-0.2, -0.15) is 0 Å². The minimum absolute atomic E-state index is 0.349. The number of hydrogen-bond acceptors (Lipinski definition) is 4. The molecule has 0 heterocycles. The van der Waals surface area contributed by atoms with Gasteiger partial charge in [0.2, 0.25) is 5.78 Å². The molecule has 0 spiro atoms. The number of Topliss-reactive ketones (excluding diaryl/α,β-unsaturated/α-hetero) is 1. The molecular formula is C5H6O4. The highest BCUT2D eigenvalue weighted by Crippen LogP contribution is 1.76. The molecule has 0 aliphatic heterocycles. The molecule has 0 aliphatic carbocycles. The molecule has 0 aliphatic rings. The number of carbonyl (C=O) groups excluding carboxylic acids is 3. The molecule has 0 unspecified atom stereocenters. The Kier molecular flexibility index (Phi) is 3.27. The minimum atomic E-state index is -0.970. The molecule has 0 atom stereocenters. The van der Waals surface area contributed by atoms with Crippen LogP contribution in [0.2, 0.25) is 0 Å². The van der Waals surface area contributed by atoms with Gasteiger partial charge in [0.15, 0.2) is 6.29 Å². The van der Waals surface area contributed by atoms with Crippen molar-refractivity contribution in [2.24, 2.45) is 0 Å². The zero-order valence-corrected chi connectivity index (χ0v) is 4.92. The van der Waals surface area contributed by atoms with Crippen LogP contribution in [0.5, 0.6) is 0 Å². The first-order chi connectivity index (χ1) is 4.18. The number of ether oxygens (including phenoxy) is 1. The van der Waals surface area contributed by atoms with Crippen LogP contribution in [0.15, 0.2) is 0 Å². The van der Waals surface area contributed by atoms with Gasteiger partial charge in [-0.3, -0.25) is 9.59 Å². The van der Waals surface area contributed by atoms with E-state index in [9.17, 15) is 14.4 Å². The first-order valence-corrected chi connectivity index (χ1v) is 2.29. The summed E-state index contributed by atoms with van der Waals surface area (Å²) in [6, 6.07) is 0. The van der Waals surface area contributed by atoms with Crippen molar-refractivity contribution >= 4 is 18.0 Å². The van der Waals surface area contributed by atoms with E-state index in [-0.39, 0.29) is 6.61 Å². The third kappa shape index (κ3) is 3.40. The van der Waals surface area contributed by atoms with Gasteiger partial charge in [-0.05, 0) is 0 Å².